The Morgan fingerprint density at radius 1 is 1.53 bits per heavy atom. The van der Waals surface area contributed by atoms with E-state index in [2.05, 4.69) is 9.71 Å². The molecule has 0 aliphatic carbocycles. The molecule has 0 aromatic carbocycles. The van der Waals surface area contributed by atoms with E-state index < -0.39 is 10.2 Å². The molecular weight excluding hydrogens is 240 g/mol. The first-order valence-corrected chi connectivity index (χ1v) is 6.81. The van der Waals surface area contributed by atoms with Crippen LogP contribution in [0.1, 0.15) is 12.0 Å². The molecule has 1 aromatic heterocycles. The van der Waals surface area contributed by atoms with Crippen molar-refractivity contribution in [2.45, 2.75) is 13.0 Å². The van der Waals surface area contributed by atoms with Crippen LogP contribution in [0.3, 0.4) is 0 Å². The molecule has 0 fully saturated rings. The number of aromatic nitrogens is 1. The van der Waals surface area contributed by atoms with Gasteiger partial charge < -0.3 is 5.73 Å². The van der Waals surface area contributed by atoms with Gasteiger partial charge in [-0.3, -0.25) is 4.98 Å². The van der Waals surface area contributed by atoms with E-state index in [0.29, 0.717) is 26.1 Å². The Bertz CT molecular complexity index is 421. The van der Waals surface area contributed by atoms with Gasteiger partial charge in [-0.2, -0.15) is 12.7 Å². The Hall–Kier alpha value is -1.02. The van der Waals surface area contributed by atoms with Gasteiger partial charge in [-0.05, 0) is 24.6 Å². The number of rotatable bonds is 7. The maximum atomic E-state index is 11.8. The molecule has 17 heavy (non-hydrogen) atoms. The Balaban J connectivity index is 2.78. The lowest BCUT2D eigenvalue weighted by Gasteiger charge is -2.20. The second-order valence-corrected chi connectivity index (χ2v) is 5.42. The summed E-state index contributed by atoms with van der Waals surface area (Å²) in [6.07, 6.45) is 3.93. The van der Waals surface area contributed by atoms with Crippen LogP contribution < -0.4 is 10.5 Å². The Labute approximate surface area is 102 Å². The van der Waals surface area contributed by atoms with Crippen LogP contribution in [0.5, 0.6) is 0 Å². The Morgan fingerprint density at radius 3 is 2.82 bits per heavy atom. The molecule has 0 saturated carbocycles. The largest absolute Gasteiger partial charge is 0.330 e. The number of pyridine rings is 1. The highest BCUT2D eigenvalue weighted by atomic mass is 32.2. The van der Waals surface area contributed by atoms with Crippen molar-refractivity contribution in [2.75, 3.05) is 20.1 Å². The summed E-state index contributed by atoms with van der Waals surface area (Å²) in [6.45, 7) is 1.16. The van der Waals surface area contributed by atoms with Gasteiger partial charge in [0, 0.05) is 32.5 Å². The van der Waals surface area contributed by atoms with Gasteiger partial charge in [0.05, 0.1) is 0 Å². The second kappa shape index (κ2) is 6.65. The second-order valence-electron chi connectivity index (χ2n) is 3.55. The van der Waals surface area contributed by atoms with E-state index in [1.807, 2.05) is 6.07 Å². The van der Waals surface area contributed by atoms with Crippen molar-refractivity contribution in [3.8, 4) is 0 Å². The van der Waals surface area contributed by atoms with Crippen molar-refractivity contribution in [2.24, 2.45) is 5.73 Å². The lowest BCUT2D eigenvalue weighted by molar-refractivity contribution is 0.396. The third-order valence-corrected chi connectivity index (χ3v) is 3.80. The lowest BCUT2D eigenvalue weighted by atomic mass is 10.3. The SMILES string of the molecule is CNS(=O)(=O)N(CCCN)Cc1cccnc1. The van der Waals surface area contributed by atoms with Crippen LogP contribution in [0.15, 0.2) is 24.5 Å². The fourth-order valence-corrected chi connectivity index (χ4v) is 2.32. The average Bonchev–Trinajstić information content (AvgIpc) is 2.35. The van der Waals surface area contributed by atoms with Gasteiger partial charge in [0.15, 0.2) is 0 Å². The number of nitrogens with one attached hydrogen (secondary N) is 1. The number of nitrogens with two attached hydrogens (primary N) is 1. The fourth-order valence-electron chi connectivity index (χ4n) is 1.38. The van der Waals surface area contributed by atoms with Crippen molar-refractivity contribution < 1.29 is 8.42 Å². The summed E-state index contributed by atoms with van der Waals surface area (Å²) >= 11 is 0. The van der Waals surface area contributed by atoms with Crippen LogP contribution >= 0.6 is 0 Å². The van der Waals surface area contributed by atoms with Crippen molar-refractivity contribution in [1.29, 1.82) is 0 Å². The maximum absolute atomic E-state index is 11.8. The zero-order valence-corrected chi connectivity index (χ0v) is 10.7. The predicted octanol–water partition coefficient (Wildman–Crippen LogP) is -0.303. The average molecular weight is 258 g/mol. The summed E-state index contributed by atoms with van der Waals surface area (Å²) in [5, 5.41) is 0. The number of hydrogen-bond acceptors (Lipinski definition) is 4. The van der Waals surface area contributed by atoms with Crippen LogP contribution in [0.25, 0.3) is 0 Å². The van der Waals surface area contributed by atoms with Gasteiger partial charge in [-0.1, -0.05) is 6.07 Å². The molecule has 1 rings (SSSR count). The zero-order valence-electron chi connectivity index (χ0n) is 9.83. The molecule has 1 aromatic rings. The van der Waals surface area contributed by atoms with Crippen LogP contribution in [0, 0.1) is 0 Å². The third kappa shape index (κ3) is 4.39. The van der Waals surface area contributed by atoms with E-state index >= 15 is 0 Å². The molecular formula is C10H18N4O2S. The zero-order chi connectivity index (χ0) is 12.7. The van der Waals surface area contributed by atoms with E-state index in [-0.39, 0.29) is 0 Å². The van der Waals surface area contributed by atoms with Crippen molar-refractivity contribution in [1.82, 2.24) is 14.0 Å². The Morgan fingerprint density at radius 2 is 2.29 bits per heavy atom. The molecule has 6 nitrogen and oxygen atoms in total. The van der Waals surface area contributed by atoms with Crippen molar-refractivity contribution >= 4 is 10.2 Å². The highest BCUT2D eigenvalue weighted by molar-refractivity contribution is 7.87. The summed E-state index contributed by atoms with van der Waals surface area (Å²) in [5.41, 5.74) is 6.25. The van der Waals surface area contributed by atoms with Crippen molar-refractivity contribution in [3.63, 3.8) is 0 Å². The molecule has 0 spiro atoms. The first-order chi connectivity index (χ1) is 8.10. The van der Waals surface area contributed by atoms with E-state index in [1.165, 1.54) is 11.4 Å². The van der Waals surface area contributed by atoms with Gasteiger partial charge in [0.25, 0.3) is 10.2 Å². The molecule has 7 heteroatoms. The van der Waals surface area contributed by atoms with E-state index in [1.54, 1.807) is 18.5 Å². The van der Waals surface area contributed by atoms with Crippen molar-refractivity contribution in [3.05, 3.63) is 30.1 Å². The summed E-state index contributed by atoms with van der Waals surface area (Å²) in [6, 6.07) is 3.62. The number of hydrogen-bond donors (Lipinski definition) is 2. The van der Waals surface area contributed by atoms with E-state index in [4.69, 9.17) is 5.73 Å². The minimum atomic E-state index is -3.43. The summed E-state index contributed by atoms with van der Waals surface area (Å²) < 4.78 is 27.2. The highest BCUT2D eigenvalue weighted by Gasteiger charge is 2.19. The quantitative estimate of drug-likeness (QED) is 0.702. The smallest absolute Gasteiger partial charge is 0.279 e. The Kier molecular flexibility index (Phi) is 5.49. The third-order valence-electron chi connectivity index (χ3n) is 2.29. The number of nitrogens with zero attached hydrogens (tertiary/aromatic N) is 2. The van der Waals surface area contributed by atoms with Gasteiger partial charge in [0.1, 0.15) is 0 Å². The molecule has 0 aliphatic rings. The first-order valence-electron chi connectivity index (χ1n) is 5.37. The molecule has 3 N–H and O–H groups in total. The maximum Gasteiger partial charge on any atom is 0.279 e. The van der Waals surface area contributed by atoms with Gasteiger partial charge in [-0.15, -0.1) is 0 Å². The fraction of sp³-hybridized carbons (Fsp3) is 0.500. The molecule has 0 aliphatic heterocycles. The topological polar surface area (TPSA) is 88.3 Å². The van der Waals surface area contributed by atoms with Gasteiger partial charge in [-0.25, -0.2) is 4.72 Å². The summed E-state index contributed by atoms with van der Waals surface area (Å²) in [4.78, 5) is 3.96. The molecule has 96 valence electrons. The standard InChI is InChI=1S/C10H18N4O2S/c1-12-17(15,16)14(7-3-5-11)9-10-4-2-6-13-8-10/h2,4,6,8,12H,3,5,7,9,11H2,1H3. The van der Waals surface area contributed by atoms with Crippen LogP contribution in [0.4, 0.5) is 0 Å². The van der Waals surface area contributed by atoms with Crippen LogP contribution in [0.2, 0.25) is 0 Å². The van der Waals surface area contributed by atoms with Crippen LogP contribution in [-0.2, 0) is 16.8 Å². The lowest BCUT2D eigenvalue weighted by Crippen LogP contribution is -2.39. The molecule has 0 amide bonds. The monoisotopic (exact) mass is 258 g/mol. The molecule has 0 atom stereocenters. The normalized spacial score (nSPS) is 11.9. The minimum Gasteiger partial charge on any atom is -0.330 e. The molecule has 0 radical (unpaired) electrons. The predicted molar refractivity (Wildman–Crippen MR) is 66.3 cm³/mol. The minimum absolute atomic E-state index is 0.303. The van der Waals surface area contributed by atoms with Gasteiger partial charge in [0.2, 0.25) is 0 Å². The first kappa shape index (κ1) is 14.0. The van der Waals surface area contributed by atoms with E-state index in [0.717, 1.165) is 5.56 Å². The molecule has 0 unspecified atom stereocenters. The van der Waals surface area contributed by atoms with Gasteiger partial charge >= 0.3 is 0 Å². The molecule has 1 heterocycles. The molecule has 0 saturated heterocycles. The highest BCUT2D eigenvalue weighted by Crippen LogP contribution is 2.07. The van der Waals surface area contributed by atoms with E-state index in [9.17, 15) is 8.42 Å². The summed E-state index contributed by atoms with van der Waals surface area (Å²) in [7, 11) is -2.03. The summed E-state index contributed by atoms with van der Waals surface area (Å²) in [5.74, 6) is 0. The van der Waals surface area contributed by atoms with Crippen LogP contribution in [-0.4, -0.2) is 37.8 Å². The molecule has 0 bridgehead atoms.